The van der Waals surface area contributed by atoms with Crippen LogP contribution in [0.3, 0.4) is 0 Å². The summed E-state index contributed by atoms with van der Waals surface area (Å²) >= 11 is 0. The minimum Gasteiger partial charge on any atom is -0.467 e. The number of aromatic nitrogens is 2. The largest absolute Gasteiger partial charge is 0.467 e. The number of benzene rings is 1. The molecule has 3 aromatic rings. The Balaban J connectivity index is 1.25. The summed E-state index contributed by atoms with van der Waals surface area (Å²) in [6.07, 6.45) is 4.47. The standard InChI is InChI=1S/C24H29N5O3/c1-32-24(31)21(15-19-7-3-2-4-8-19)26-23(30)18-28-13-11-27(12-14-28)16-20-17-29-10-6-5-9-22(29)25-20/h2-10,17,21H,11-16,18H2,1H3,(H,26,30). The van der Waals surface area contributed by atoms with Gasteiger partial charge >= 0.3 is 5.97 Å². The molecule has 8 heteroatoms. The van der Waals surface area contributed by atoms with E-state index in [1.54, 1.807) is 0 Å². The summed E-state index contributed by atoms with van der Waals surface area (Å²) in [5, 5.41) is 2.85. The number of hydrogen-bond donors (Lipinski definition) is 1. The summed E-state index contributed by atoms with van der Waals surface area (Å²) in [7, 11) is 1.34. The van der Waals surface area contributed by atoms with Crippen molar-refractivity contribution >= 4 is 17.5 Å². The Morgan fingerprint density at radius 2 is 1.75 bits per heavy atom. The van der Waals surface area contributed by atoms with Crippen LogP contribution in [0, 0.1) is 0 Å². The number of imidazole rings is 1. The summed E-state index contributed by atoms with van der Waals surface area (Å²) in [5.41, 5.74) is 2.97. The van der Waals surface area contributed by atoms with E-state index in [-0.39, 0.29) is 12.5 Å². The highest BCUT2D eigenvalue weighted by Crippen LogP contribution is 2.10. The first-order valence-electron chi connectivity index (χ1n) is 10.9. The molecule has 32 heavy (non-hydrogen) atoms. The average molecular weight is 436 g/mol. The molecule has 1 aliphatic rings. The number of nitrogens with zero attached hydrogens (tertiary/aromatic N) is 4. The Hall–Kier alpha value is -3.23. The van der Waals surface area contributed by atoms with Crippen molar-refractivity contribution in [2.45, 2.75) is 19.0 Å². The zero-order chi connectivity index (χ0) is 22.3. The fraction of sp³-hybridized carbons (Fsp3) is 0.375. The van der Waals surface area contributed by atoms with Crippen molar-refractivity contribution in [1.29, 1.82) is 0 Å². The molecule has 1 unspecified atom stereocenters. The van der Waals surface area contributed by atoms with Gasteiger partial charge in [-0.1, -0.05) is 36.4 Å². The molecule has 1 aromatic carbocycles. The number of esters is 1. The lowest BCUT2D eigenvalue weighted by atomic mass is 10.1. The number of ether oxygens (including phenoxy) is 1. The molecular weight excluding hydrogens is 406 g/mol. The molecule has 8 nitrogen and oxygen atoms in total. The van der Waals surface area contributed by atoms with Gasteiger partial charge in [0.25, 0.3) is 0 Å². The van der Waals surface area contributed by atoms with Gasteiger partial charge in [-0.2, -0.15) is 0 Å². The predicted molar refractivity (Wildman–Crippen MR) is 121 cm³/mol. The van der Waals surface area contributed by atoms with E-state index in [1.807, 2.05) is 59.1 Å². The molecule has 168 valence electrons. The van der Waals surface area contributed by atoms with Gasteiger partial charge in [-0.25, -0.2) is 9.78 Å². The first kappa shape index (κ1) is 22.0. The number of rotatable bonds is 8. The molecule has 3 heterocycles. The lowest BCUT2D eigenvalue weighted by molar-refractivity contribution is -0.145. The Kier molecular flexibility index (Phi) is 7.14. The van der Waals surface area contributed by atoms with E-state index in [9.17, 15) is 9.59 Å². The maximum atomic E-state index is 12.6. The van der Waals surface area contributed by atoms with Crippen LogP contribution in [0.25, 0.3) is 5.65 Å². The molecule has 1 amide bonds. The number of nitrogens with one attached hydrogen (secondary N) is 1. The topological polar surface area (TPSA) is 79.2 Å². The number of piperazine rings is 1. The summed E-state index contributed by atoms with van der Waals surface area (Å²) < 4.78 is 6.92. The van der Waals surface area contributed by atoms with E-state index in [1.165, 1.54) is 7.11 Å². The molecule has 0 bridgehead atoms. The van der Waals surface area contributed by atoms with Crippen LogP contribution in [0.5, 0.6) is 0 Å². The van der Waals surface area contributed by atoms with Crippen LogP contribution in [0.4, 0.5) is 0 Å². The van der Waals surface area contributed by atoms with Crippen molar-refractivity contribution in [1.82, 2.24) is 24.5 Å². The Labute approximate surface area is 187 Å². The second-order valence-corrected chi connectivity index (χ2v) is 8.08. The monoisotopic (exact) mass is 435 g/mol. The average Bonchev–Trinajstić information content (AvgIpc) is 3.22. The van der Waals surface area contributed by atoms with Crippen LogP contribution < -0.4 is 5.32 Å². The first-order valence-corrected chi connectivity index (χ1v) is 10.9. The third-order valence-electron chi connectivity index (χ3n) is 5.74. The molecule has 1 N–H and O–H groups in total. The van der Waals surface area contributed by atoms with Gasteiger partial charge in [0.15, 0.2) is 0 Å². The lowest BCUT2D eigenvalue weighted by Gasteiger charge is -2.34. The van der Waals surface area contributed by atoms with E-state index in [0.29, 0.717) is 6.42 Å². The van der Waals surface area contributed by atoms with Crippen molar-refractivity contribution in [3.8, 4) is 0 Å². The zero-order valence-electron chi connectivity index (χ0n) is 18.3. The van der Waals surface area contributed by atoms with Crippen molar-refractivity contribution in [3.05, 3.63) is 72.2 Å². The Morgan fingerprint density at radius 1 is 1.03 bits per heavy atom. The highest BCUT2D eigenvalue weighted by atomic mass is 16.5. The summed E-state index contributed by atoms with van der Waals surface area (Å²) in [6.45, 7) is 4.38. The molecule has 0 spiro atoms. The molecule has 0 aliphatic carbocycles. The number of fused-ring (bicyclic) bond motifs is 1. The van der Waals surface area contributed by atoms with E-state index in [4.69, 9.17) is 4.74 Å². The molecule has 1 fully saturated rings. The quantitative estimate of drug-likeness (QED) is 0.538. The smallest absolute Gasteiger partial charge is 0.328 e. The van der Waals surface area contributed by atoms with E-state index < -0.39 is 12.0 Å². The minimum atomic E-state index is -0.689. The minimum absolute atomic E-state index is 0.162. The number of amides is 1. The van der Waals surface area contributed by atoms with Gasteiger partial charge in [0.1, 0.15) is 11.7 Å². The maximum absolute atomic E-state index is 12.6. The third kappa shape index (κ3) is 5.72. The molecule has 4 rings (SSSR count). The zero-order valence-corrected chi connectivity index (χ0v) is 18.3. The van der Waals surface area contributed by atoms with Gasteiger partial charge in [-0.05, 0) is 17.7 Å². The molecule has 1 atom stereocenters. The van der Waals surface area contributed by atoms with Gasteiger partial charge in [-0.3, -0.25) is 14.6 Å². The van der Waals surface area contributed by atoms with Gasteiger partial charge in [0, 0.05) is 51.5 Å². The molecule has 0 radical (unpaired) electrons. The van der Waals surface area contributed by atoms with E-state index >= 15 is 0 Å². The van der Waals surface area contributed by atoms with Gasteiger partial charge in [0.2, 0.25) is 5.91 Å². The third-order valence-corrected chi connectivity index (χ3v) is 5.74. The molecule has 1 saturated heterocycles. The summed E-state index contributed by atoms with van der Waals surface area (Å²) in [4.78, 5) is 33.9. The number of methoxy groups -OCH3 is 1. The number of carbonyl (C=O) groups is 2. The fourth-order valence-electron chi connectivity index (χ4n) is 4.03. The number of hydrogen-bond acceptors (Lipinski definition) is 6. The van der Waals surface area contributed by atoms with Gasteiger partial charge in [0.05, 0.1) is 19.3 Å². The summed E-state index contributed by atoms with van der Waals surface area (Å²) in [5.74, 6) is -0.593. The van der Waals surface area contributed by atoms with Crippen LogP contribution in [-0.2, 0) is 27.3 Å². The maximum Gasteiger partial charge on any atom is 0.328 e. The highest BCUT2D eigenvalue weighted by molar-refractivity contribution is 5.85. The normalized spacial score (nSPS) is 16.0. The molecule has 1 aliphatic heterocycles. The van der Waals surface area contributed by atoms with Crippen LogP contribution >= 0.6 is 0 Å². The Bertz CT molecular complexity index is 1010. The second kappa shape index (κ2) is 10.4. The molecule has 2 aromatic heterocycles. The van der Waals surface area contributed by atoms with Crippen LogP contribution in [0.15, 0.2) is 60.9 Å². The van der Waals surface area contributed by atoms with Crippen LogP contribution in [0.2, 0.25) is 0 Å². The molecule has 0 saturated carbocycles. The van der Waals surface area contributed by atoms with Gasteiger partial charge < -0.3 is 14.5 Å². The summed E-state index contributed by atoms with van der Waals surface area (Å²) in [6, 6.07) is 14.9. The fourth-order valence-corrected chi connectivity index (χ4v) is 4.03. The predicted octanol–water partition coefficient (Wildman–Crippen LogP) is 1.35. The van der Waals surface area contributed by atoms with Crippen LogP contribution in [0.1, 0.15) is 11.3 Å². The van der Waals surface area contributed by atoms with Crippen LogP contribution in [-0.4, -0.2) is 76.9 Å². The SMILES string of the molecule is COC(=O)C(Cc1ccccc1)NC(=O)CN1CCN(Cc2cn3ccccc3n2)CC1. The van der Waals surface area contributed by atoms with Gasteiger partial charge in [-0.15, -0.1) is 0 Å². The van der Waals surface area contributed by atoms with E-state index in [2.05, 4.69) is 26.3 Å². The van der Waals surface area contributed by atoms with Crippen molar-refractivity contribution < 1.29 is 14.3 Å². The van der Waals surface area contributed by atoms with Crippen molar-refractivity contribution in [2.75, 3.05) is 39.8 Å². The highest BCUT2D eigenvalue weighted by Gasteiger charge is 2.24. The second-order valence-electron chi connectivity index (χ2n) is 8.08. The Morgan fingerprint density at radius 3 is 2.47 bits per heavy atom. The first-order chi connectivity index (χ1) is 15.6. The van der Waals surface area contributed by atoms with Crippen molar-refractivity contribution in [3.63, 3.8) is 0 Å². The lowest BCUT2D eigenvalue weighted by Crippen LogP contribution is -2.51. The number of carbonyl (C=O) groups excluding carboxylic acids is 2. The van der Waals surface area contributed by atoms with Crippen molar-refractivity contribution in [2.24, 2.45) is 0 Å². The molecular formula is C24H29N5O3. The number of pyridine rings is 1. The van der Waals surface area contributed by atoms with E-state index in [0.717, 1.165) is 49.6 Å².